The largest absolute Gasteiger partial charge is 0.151 e. The van der Waals surface area contributed by atoms with Gasteiger partial charge in [-0.05, 0) is 34.8 Å². The van der Waals surface area contributed by atoms with Crippen LogP contribution in [0.5, 0.6) is 0 Å². The number of rotatable bonds is 0. The van der Waals surface area contributed by atoms with Gasteiger partial charge in [-0.25, -0.2) is 0 Å². The van der Waals surface area contributed by atoms with Gasteiger partial charge in [0.05, 0.1) is 8.32 Å². The molecular weight excluding hydrogens is 411 g/mol. The molecule has 0 fully saturated rings. The average Bonchev–Trinajstić information content (AvgIpc) is 2.93. The lowest BCUT2D eigenvalue weighted by molar-refractivity contribution is 1.04. The molecule has 2 unspecified atom stereocenters. The quantitative estimate of drug-likeness (QED) is 0.459. The monoisotopic (exact) mass is 416 g/mol. The second-order valence-corrected chi connectivity index (χ2v) is 11.4. The van der Waals surface area contributed by atoms with Crippen LogP contribution in [-0.2, 0) is 12.8 Å². The van der Waals surface area contributed by atoms with E-state index in [1.54, 1.807) is 11.3 Å². The fraction of sp³-hybridized carbons (Fsp3) is 0.333. The lowest BCUT2D eigenvalue weighted by Crippen LogP contribution is -1.91. The average molecular weight is 418 g/mol. The zero-order valence-electron chi connectivity index (χ0n) is 9.20. The normalized spacial score (nSPS) is 25.7. The zero-order valence-corrected chi connectivity index (χ0v) is 14.8. The van der Waals surface area contributed by atoms with Gasteiger partial charge in [0, 0.05) is 19.9 Å². The molecule has 0 saturated heterocycles. The van der Waals surface area contributed by atoms with Crippen LogP contribution in [0, 0.1) is 0 Å². The Balaban J connectivity index is 2.10. The second-order valence-electron chi connectivity index (χ2n) is 4.47. The third kappa shape index (κ3) is 1.79. The number of hydrogen-bond donors (Lipinski definition) is 0. The minimum Gasteiger partial charge on any atom is -0.151 e. The van der Waals surface area contributed by atoms with E-state index in [-0.39, 0.29) is 0 Å². The highest BCUT2D eigenvalue weighted by molar-refractivity contribution is 9.11. The van der Waals surface area contributed by atoms with Gasteiger partial charge in [0.25, 0.3) is 0 Å². The van der Waals surface area contributed by atoms with Crippen molar-refractivity contribution in [2.24, 2.45) is 0 Å². The number of benzene rings is 1. The molecule has 0 amide bonds. The van der Waals surface area contributed by atoms with Crippen molar-refractivity contribution in [3.05, 3.63) is 17.2 Å². The number of thioether (sulfide) groups is 2. The van der Waals surface area contributed by atoms with Crippen molar-refractivity contribution in [2.75, 3.05) is 0 Å². The summed E-state index contributed by atoms with van der Waals surface area (Å²) in [5.74, 6) is 0. The molecule has 1 aromatic carbocycles. The van der Waals surface area contributed by atoms with Gasteiger partial charge >= 0.3 is 0 Å². The van der Waals surface area contributed by atoms with Crippen LogP contribution in [0.15, 0.2) is 15.9 Å². The van der Waals surface area contributed by atoms with Crippen LogP contribution in [-0.4, -0.2) is 16.2 Å². The first-order valence-corrected chi connectivity index (χ1v) is 10.0. The summed E-state index contributed by atoms with van der Waals surface area (Å²) in [6.07, 6.45) is 2.24. The molecule has 6 heteroatoms. The lowest BCUT2D eigenvalue weighted by atomic mass is 10.0. The molecule has 90 valence electrons. The summed E-state index contributed by atoms with van der Waals surface area (Å²) in [5, 5.41) is 1.38. The zero-order chi connectivity index (χ0) is 12.4. The van der Waals surface area contributed by atoms with E-state index in [0.717, 1.165) is 17.6 Å². The minimum atomic E-state index is 0.512. The van der Waals surface area contributed by atoms with E-state index in [0.29, 0.717) is 8.32 Å². The van der Waals surface area contributed by atoms with Crippen LogP contribution in [0.2, 0.25) is 0 Å². The van der Waals surface area contributed by atoms with Crippen LogP contribution in [0.25, 0.3) is 10.1 Å². The van der Waals surface area contributed by atoms with E-state index in [1.807, 2.05) is 23.5 Å². The molecule has 2 aromatic rings. The smallest absolute Gasteiger partial charge is 0.128 e. The van der Waals surface area contributed by atoms with Crippen LogP contribution < -0.4 is 4.78 Å². The Kier molecular flexibility index (Phi) is 3.12. The van der Waals surface area contributed by atoms with E-state index in [1.165, 1.54) is 31.0 Å². The first kappa shape index (κ1) is 12.6. The van der Waals surface area contributed by atoms with Gasteiger partial charge in [-0.2, -0.15) is 11.3 Å². The van der Waals surface area contributed by atoms with Gasteiger partial charge in [-0.15, -0.1) is 23.5 Å². The molecule has 18 heavy (non-hydrogen) atoms. The van der Waals surface area contributed by atoms with Crippen molar-refractivity contribution in [1.82, 2.24) is 0 Å². The number of halogens is 2. The maximum atomic E-state index is 6.03. The summed E-state index contributed by atoms with van der Waals surface area (Å²) in [6, 6.07) is 2.16. The molecule has 0 nitrogen and oxygen atoms in total. The lowest BCUT2D eigenvalue weighted by Gasteiger charge is -2.07. The van der Waals surface area contributed by atoms with Crippen LogP contribution >= 0.6 is 66.7 Å². The highest BCUT2D eigenvalue weighted by Crippen LogP contribution is 2.54. The number of alkyl halides is 2. The molecule has 3 heterocycles. The highest BCUT2D eigenvalue weighted by atomic mass is 79.9. The van der Waals surface area contributed by atoms with Crippen molar-refractivity contribution in [3.8, 4) is 0 Å². The fourth-order valence-electron chi connectivity index (χ4n) is 2.66. The summed E-state index contributed by atoms with van der Waals surface area (Å²) < 4.78 is 3.37. The van der Waals surface area contributed by atoms with Crippen molar-refractivity contribution >= 4 is 89.4 Å². The Hall–Kier alpha value is 0.905. The third-order valence-electron chi connectivity index (χ3n) is 3.31. The predicted molar refractivity (Wildman–Crippen MR) is 91.8 cm³/mol. The predicted octanol–water partition coefficient (Wildman–Crippen LogP) is 4.43. The molecule has 1 aromatic heterocycles. The van der Waals surface area contributed by atoms with E-state index < -0.39 is 0 Å². The summed E-state index contributed by atoms with van der Waals surface area (Å²) in [7, 11) is 6.03. The van der Waals surface area contributed by atoms with E-state index in [4.69, 9.17) is 7.85 Å². The molecular formula is C12H7BBr2S3. The topological polar surface area (TPSA) is 0 Å². The first-order chi connectivity index (χ1) is 8.63. The Labute approximate surface area is 136 Å². The summed E-state index contributed by atoms with van der Waals surface area (Å²) in [5.41, 5.74) is 3.05. The van der Waals surface area contributed by atoms with Crippen molar-refractivity contribution < 1.29 is 0 Å². The molecule has 4 rings (SSSR count). The molecule has 0 spiro atoms. The molecule has 2 aliphatic rings. The summed E-state index contributed by atoms with van der Waals surface area (Å²) in [6.45, 7) is 0. The van der Waals surface area contributed by atoms with Gasteiger partial charge in [0.15, 0.2) is 0 Å². The highest BCUT2D eigenvalue weighted by Gasteiger charge is 2.33. The van der Waals surface area contributed by atoms with Crippen LogP contribution in [0.3, 0.4) is 0 Å². The van der Waals surface area contributed by atoms with E-state index >= 15 is 0 Å². The van der Waals surface area contributed by atoms with E-state index in [9.17, 15) is 0 Å². The Morgan fingerprint density at radius 1 is 1.06 bits per heavy atom. The second kappa shape index (κ2) is 4.45. The van der Waals surface area contributed by atoms with Crippen molar-refractivity contribution in [3.63, 3.8) is 0 Å². The van der Waals surface area contributed by atoms with Crippen LogP contribution in [0.1, 0.15) is 11.1 Å². The maximum Gasteiger partial charge on any atom is 0.128 e. The fourth-order valence-corrected chi connectivity index (χ4v) is 7.90. The summed E-state index contributed by atoms with van der Waals surface area (Å²) >= 11 is 13.2. The van der Waals surface area contributed by atoms with Crippen molar-refractivity contribution in [2.45, 2.75) is 31.0 Å². The molecule has 0 N–H and O–H groups in total. The van der Waals surface area contributed by atoms with Gasteiger partial charge < -0.3 is 0 Å². The minimum absolute atomic E-state index is 0.512. The number of fused-ring (bicyclic) bond motifs is 6. The van der Waals surface area contributed by atoms with Crippen molar-refractivity contribution in [1.29, 1.82) is 0 Å². The molecule has 2 aliphatic heterocycles. The number of hydrogen-bond acceptors (Lipinski definition) is 3. The van der Waals surface area contributed by atoms with Gasteiger partial charge in [-0.3, -0.25) is 0 Å². The summed E-state index contributed by atoms with van der Waals surface area (Å²) in [4.78, 5) is 2.96. The van der Waals surface area contributed by atoms with Gasteiger partial charge in [-0.1, -0.05) is 31.9 Å². The molecule has 0 aliphatic carbocycles. The van der Waals surface area contributed by atoms with Crippen LogP contribution in [0.4, 0.5) is 0 Å². The molecule has 0 saturated carbocycles. The molecule has 2 radical (unpaired) electrons. The van der Waals surface area contributed by atoms with E-state index in [2.05, 4.69) is 37.9 Å². The standard InChI is InChI=1S/C12H7BBr2S3/c13-7-1-4-10(16-7)5-2-8(14)18-12(5)6-3-9(15)17-11(4)6/h1,8-9H,2-3H2. The Morgan fingerprint density at radius 3 is 2.50 bits per heavy atom. The SMILES string of the molecule is [B]c1cc2c3c(c4c(c2s1)CC(Br)S4)CC(Br)S3. The Bertz CT molecular complexity index is 612. The maximum absolute atomic E-state index is 6.03. The molecule has 0 bridgehead atoms. The number of thiophene rings is 1. The first-order valence-electron chi connectivity index (χ1n) is 5.61. The van der Waals surface area contributed by atoms with Gasteiger partial charge in [0.2, 0.25) is 0 Å². The Morgan fingerprint density at radius 2 is 1.72 bits per heavy atom. The third-order valence-corrected chi connectivity index (χ3v) is 8.38. The molecule has 2 atom stereocenters. The van der Waals surface area contributed by atoms with Gasteiger partial charge in [0.1, 0.15) is 7.85 Å².